The second-order valence-electron chi connectivity index (χ2n) is 2.45. The Bertz CT molecular complexity index is 237. The Balaban J connectivity index is 2.70. The van der Waals surface area contributed by atoms with Crippen LogP contribution in [0, 0.1) is 0 Å². The third-order valence-corrected chi connectivity index (χ3v) is 1.78. The summed E-state index contributed by atoms with van der Waals surface area (Å²) in [7, 11) is 0. The maximum Gasteiger partial charge on any atom is 0.289 e. The number of furan rings is 1. The van der Waals surface area contributed by atoms with Crippen molar-refractivity contribution in [2.24, 2.45) is 0 Å². The molecular formula is C9H13NO2. The molecule has 0 aliphatic rings. The van der Waals surface area contributed by atoms with Gasteiger partial charge in [-0.15, -0.1) is 0 Å². The molecule has 0 radical (unpaired) electrons. The van der Waals surface area contributed by atoms with Gasteiger partial charge in [0, 0.05) is 13.1 Å². The highest BCUT2D eigenvalue weighted by atomic mass is 16.3. The van der Waals surface area contributed by atoms with Gasteiger partial charge in [-0.2, -0.15) is 0 Å². The van der Waals surface area contributed by atoms with E-state index in [-0.39, 0.29) is 5.91 Å². The van der Waals surface area contributed by atoms with Crippen molar-refractivity contribution in [1.29, 1.82) is 0 Å². The van der Waals surface area contributed by atoms with E-state index in [4.69, 9.17) is 4.42 Å². The first-order valence-electron chi connectivity index (χ1n) is 4.12. The molecule has 0 aromatic carbocycles. The fourth-order valence-corrected chi connectivity index (χ4v) is 1.07. The number of rotatable bonds is 3. The topological polar surface area (TPSA) is 33.5 Å². The average Bonchev–Trinajstić information content (AvgIpc) is 2.58. The first-order chi connectivity index (χ1) is 5.79. The van der Waals surface area contributed by atoms with Gasteiger partial charge in [0.05, 0.1) is 6.26 Å². The standard InChI is InChI=1S/C9H13NO2/c1-3-10(4-2)9(11)8-6-5-7-12-8/h5-7H,3-4H2,1-2H3. The molecule has 1 aromatic heterocycles. The van der Waals surface area contributed by atoms with Gasteiger partial charge < -0.3 is 9.32 Å². The minimum absolute atomic E-state index is 0.0370. The summed E-state index contributed by atoms with van der Waals surface area (Å²) in [4.78, 5) is 13.2. The van der Waals surface area contributed by atoms with E-state index in [1.165, 1.54) is 6.26 Å². The van der Waals surface area contributed by atoms with Crippen LogP contribution in [0.15, 0.2) is 22.8 Å². The number of hydrogen-bond donors (Lipinski definition) is 0. The zero-order valence-electron chi connectivity index (χ0n) is 7.41. The molecule has 0 aliphatic carbocycles. The number of nitrogens with zero attached hydrogens (tertiary/aromatic N) is 1. The van der Waals surface area contributed by atoms with Crippen LogP contribution in [-0.4, -0.2) is 23.9 Å². The van der Waals surface area contributed by atoms with Gasteiger partial charge in [0.2, 0.25) is 0 Å². The van der Waals surface area contributed by atoms with Crippen LogP contribution < -0.4 is 0 Å². The SMILES string of the molecule is CCN(CC)C(=O)c1ccco1. The minimum Gasteiger partial charge on any atom is -0.459 e. The maximum absolute atomic E-state index is 11.5. The smallest absolute Gasteiger partial charge is 0.289 e. The molecule has 3 nitrogen and oxygen atoms in total. The lowest BCUT2D eigenvalue weighted by atomic mass is 10.4. The lowest BCUT2D eigenvalue weighted by molar-refractivity contribution is 0.0741. The van der Waals surface area contributed by atoms with Crippen molar-refractivity contribution in [1.82, 2.24) is 4.90 Å². The number of carbonyl (C=O) groups excluding carboxylic acids is 1. The van der Waals surface area contributed by atoms with Crippen molar-refractivity contribution < 1.29 is 9.21 Å². The summed E-state index contributed by atoms with van der Waals surface area (Å²) in [5.74, 6) is 0.378. The van der Waals surface area contributed by atoms with Crippen LogP contribution in [0.25, 0.3) is 0 Å². The molecule has 1 rings (SSSR count). The van der Waals surface area contributed by atoms with E-state index in [0.29, 0.717) is 5.76 Å². The zero-order valence-corrected chi connectivity index (χ0v) is 7.41. The molecular weight excluding hydrogens is 154 g/mol. The van der Waals surface area contributed by atoms with Gasteiger partial charge >= 0.3 is 0 Å². The molecule has 0 unspecified atom stereocenters. The van der Waals surface area contributed by atoms with Gasteiger partial charge in [-0.3, -0.25) is 4.79 Å². The fraction of sp³-hybridized carbons (Fsp3) is 0.444. The zero-order chi connectivity index (χ0) is 8.97. The van der Waals surface area contributed by atoms with Crippen molar-refractivity contribution in [2.75, 3.05) is 13.1 Å². The summed E-state index contributed by atoms with van der Waals surface area (Å²) >= 11 is 0. The largest absolute Gasteiger partial charge is 0.459 e. The van der Waals surface area contributed by atoms with E-state index in [1.54, 1.807) is 17.0 Å². The molecule has 0 spiro atoms. The minimum atomic E-state index is -0.0370. The second-order valence-corrected chi connectivity index (χ2v) is 2.45. The summed E-state index contributed by atoms with van der Waals surface area (Å²) in [6.07, 6.45) is 1.51. The molecule has 0 saturated carbocycles. The normalized spacial score (nSPS) is 9.83. The first kappa shape index (κ1) is 8.84. The molecule has 12 heavy (non-hydrogen) atoms. The Morgan fingerprint density at radius 2 is 2.17 bits per heavy atom. The summed E-state index contributed by atoms with van der Waals surface area (Å²) < 4.78 is 4.99. The third-order valence-electron chi connectivity index (χ3n) is 1.78. The van der Waals surface area contributed by atoms with Crippen molar-refractivity contribution >= 4 is 5.91 Å². The van der Waals surface area contributed by atoms with Gasteiger partial charge in [-0.05, 0) is 26.0 Å². The first-order valence-corrected chi connectivity index (χ1v) is 4.12. The Morgan fingerprint density at radius 1 is 1.50 bits per heavy atom. The van der Waals surface area contributed by atoms with Crippen LogP contribution in [-0.2, 0) is 0 Å². The highest BCUT2D eigenvalue weighted by molar-refractivity contribution is 5.91. The van der Waals surface area contributed by atoms with E-state index in [2.05, 4.69) is 0 Å². The molecule has 0 aliphatic heterocycles. The molecule has 1 aromatic rings. The van der Waals surface area contributed by atoms with Crippen LogP contribution in [0.5, 0.6) is 0 Å². The highest BCUT2D eigenvalue weighted by Gasteiger charge is 2.13. The van der Waals surface area contributed by atoms with Crippen LogP contribution in [0.2, 0.25) is 0 Å². The van der Waals surface area contributed by atoms with E-state index in [1.807, 2.05) is 13.8 Å². The summed E-state index contributed by atoms with van der Waals surface area (Å²) in [5, 5.41) is 0. The van der Waals surface area contributed by atoms with E-state index >= 15 is 0 Å². The summed E-state index contributed by atoms with van der Waals surface area (Å²) in [6.45, 7) is 5.33. The Morgan fingerprint density at radius 3 is 2.58 bits per heavy atom. The summed E-state index contributed by atoms with van der Waals surface area (Å²) in [6, 6.07) is 3.40. The van der Waals surface area contributed by atoms with Gasteiger partial charge in [0.25, 0.3) is 5.91 Å². The predicted molar refractivity (Wildman–Crippen MR) is 46.0 cm³/mol. The van der Waals surface area contributed by atoms with Gasteiger partial charge in [-0.1, -0.05) is 0 Å². The van der Waals surface area contributed by atoms with Crippen molar-refractivity contribution in [2.45, 2.75) is 13.8 Å². The molecule has 0 saturated heterocycles. The number of amides is 1. The van der Waals surface area contributed by atoms with E-state index < -0.39 is 0 Å². The molecule has 0 atom stereocenters. The average molecular weight is 167 g/mol. The van der Waals surface area contributed by atoms with Crippen molar-refractivity contribution in [3.63, 3.8) is 0 Å². The molecule has 1 heterocycles. The third kappa shape index (κ3) is 1.67. The van der Waals surface area contributed by atoms with E-state index in [0.717, 1.165) is 13.1 Å². The lowest BCUT2D eigenvalue weighted by Crippen LogP contribution is -2.30. The van der Waals surface area contributed by atoms with Crippen molar-refractivity contribution in [3.05, 3.63) is 24.2 Å². The second kappa shape index (κ2) is 3.95. The van der Waals surface area contributed by atoms with E-state index in [9.17, 15) is 4.79 Å². The van der Waals surface area contributed by atoms with Crippen LogP contribution >= 0.6 is 0 Å². The van der Waals surface area contributed by atoms with Gasteiger partial charge in [0.1, 0.15) is 0 Å². The highest BCUT2D eigenvalue weighted by Crippen LogP contribution is 2.04. The van der Waals surface area contributed by atoms with Crippen molar-refractivity contribution in [3.8, 4) is 0 Å². The lowest BCUT2D eigenvalue weighted by Gasteiger charge is -2.16. The van der Waals surface area contributed by atoms with Crippen LogP contribution in [0.3, 0.4) is 0 Å². The quantitative estimate of drug-likeness (QED) is 0.687. The van der Waals surface area contributed by atoms with Crippen LogP contribution in [0.1, 0.15) is 24.4 Å². The molecule has 66 valence electrons. The van der Waals surface area contributed by atoms with Gasteiger partial charge in [0.15, 0.2) is 5.76 Å². The fourth-order valence-electron chi connectivity index (χ4n) is 1.07. The summed E-state index contributed by atoms with van der Waals surface area (Å²) in [5.41, 5.74) is 0. The monoisotopic (exact) mass is 167 g/mol. The Labute approximate surface area is 72.0 Å². The molecule has 0 bridgehead atoms. The Hall–Kier alpha value is -1.25. The number of hydrogen-bond acceptors (Lipinski definition) is 2. The molecule has 0 fully saturated rings. The van der Waals surface area contributed by atoms with Gasteiger partial charge in [-0.25, -0.2) is 0 Å². The molecule has 0 N–H and O–H groups in total. The number of carbonyl (C=O) groups is 1. The molecule has 1 amide bonds. The Kier molecular flexibility index (Phi) is 2.91. The van der Waals surface area contributed by atoms with Crippen LogP contribution in [0.4, 0.5) is 0 Å². The molecule has 3 heteroatoms. The predicted octanol–water partition coefficient (Wildman–Crippen LogP) is 1.76. The maximum atomic E-state index is 11.5.